The average molecular weight is 224 g/mol. The van der Waals surface area contributed by atoms with E-state index in [-0.39, 0.29) is 5.82 Å². The van der Waals surface area contributed by atoms with E-state index in [1.165, 1.54) is 12.1 Å². The van der Waals surface area contributed by atoms with Gasteiger partial charge >= 0.3 is 0 Å². The Morgan fingerprint density at radius 3 is 1.59 bits per heavy atom. The molecule has 0 unspecified atom stereocenters. The molecule has 0 saturated heterocycles. The lowest BCUT2D eigenvalue weighted by Crippen LogP contribution is -1.76. The van der Waals surface area contributed by atoms with Gasteiger partial charge in [-0.2, -0.15) is 0 Å². The third-order valence-corrected chi connectivity index (χ3v) is 2.51. The summed E-state index contributed by atoms with van der Waals surface area (Å²) in [6, 6.07) is 14.5. The van der Waals surface area contributed by atoms with Crippen LogP contribution in [0.15, 0.2) is 55.1 Å². The monoisotopic (exact) mass is 224 g/mol. The minimum Gasteiger partial charge on any atom is -0.207 e. The molecule has 17 heavy (non-hydrogen) atoms. The fraction of sp³-hybridized carbons (Fsp3) is 0. The second-order valence-corrected chi connectivity index (χ2v) is 3.76. The maximum atomic E-state index is 12.7. The van der Waals surface area contributed by atoms with Gasteiger partial charge in [0.25, 0.3) is 0 Å². The fourth-order valence-electron chi connectivity index (χ4n) is 1.51. The fourth-order valence-corrected chi connectivity index (χ4v) is 1.51. The largest absolute Gasteiger partial charge is 0.207 e. The number of hydrogen-bond donors (Lipinski definition) is 0. The molecule has 0 heterocycles. The summed E-state index contributed by atoms with van der Waals surface area (Å²) in [4.78, 5) is 0. The quantitative estimate of drug-likeness (QED) is 0.666. The zero-order valence-corrected chi connectivity index (χ0v) is 9.44. The van der Waals surface area contributed by atoms with Crippen LogP contribution in [0.25, 0.3) is 18.2 Å². The van der Waals surface area contributed by atoms with E-state index in [2.05, 4.69) is 6.58 Å². The molecule has 2 rings (SSSR count). The van der Waals surface area contributed by atoms with Crippen molar-refractivity contribution in [3.63, 3.8) is 0 Å². The van der Waals surface area contributed by atoms with E-state index >= 15 is 0 Å². The molecule has 1 heteroatoms. The van der Waals surface area contributed by atoms with Crippen LogP contribution >= 0.6 is 0 Å². The Kier molecular flexibility index (Phi) is 3.51. The van der Waals surface area contributed by atoms with Crippen LogP contribution in [0.1, 0.15) is 16.7 Å². The molecule has 0 atom stereocenters. The predicted octanol–water partition coefficient (Wildman–Crippen LogP) is 4.64. The van der Waals surface area contributed by atoms with Gasteiger partial charge in [-0.15, -0.1) is 0 Å². The lowest BCUT2D eigenvalue weighted by Gasteiger charge is -1.96. The zero-order valence-electron chi connectivity index (χ0n) is 9.44. The van der Waals surface area contributed by atoms with Gasteiger partial charge < -0.3 is 0 Å². The Morgan fingerprint density at radius 1 is 0.706 bits per heavy atom. The number of hydrogen-bond acceptors (Lipinski definition) is 0. The number of rotatable bonds is 3. The first kappa shape index (κ1) is 11.3. The molecule has 0 N–H and O–H groups in total. The third kappa shape index (κ3) is 3.15. The van der Waals surface area contributed by atoms with Gasteiger partial charge in [-0.25, -0.2) is 4.39 Å². The van der Waals surface area contributed by atoms with Crippen molar-refractivity contribution in [2.75, 3.05) is 0 Å². The highest BCUT2D eigenvalue weighted by Gasteiger charge is 1.90. The molecule has 0 bridgehead atoms. The average Bonchev–Trinajstić information content (AvgIpc) is 2.39. The molecule has 0 amide bonds. The standard InChI is InChI=1S/C16H13F/c1-2-13-3-5-14(6-4-13)7-8-15-9-11-16(17)12-10-15/h2-12H,1H2/b8-7+. The van der Waals surface area contributed by atoms with Gasteiger partial charge in [-0.3, -0.25) is 0 Å². The molecule has 0 aliphatic rings. The van der Waals surface area contributed by atoms with Crippen LogP contribution in [0.3, 0.4) is 0 Å². The molecule has 0 radical (unpaired) electrons. The molecule has 2 aromatic carbocycles. The Labute approximate surface area is 101 Å². The molecular formula is C16H13F. The molecule has 0 aliphatic heterocycles. The highest BCUT2D eigenvalue weighted by molar-refractivity contribution is 5.70. The Morgan fingerprint density at radius 2 is 1.12 bits per heavy atom. The molecule has 0 aliphatic carbocycles. The summed E-state index contributed by atoms with van der Waals surface area (Å²) in [6.07, 6.45) is 5.77. The maximum Gasteiger partial charge on any atom is 0.123 e. The summed E-state index contributed by atoms with van der Waals surface area (Å²) in [5.74, 6) is -0.211. The van der Waals surface area contributed by atoms with Gasteiger partial charge in [0.1, 0.15) is 5.82 Å². The molecule has 84 valence electrons. The van der Waals surface area contributed by atoms with Crippen LogP contribution in [0.2, 0.25) is 0 Å². The van der Waals surface area contributed by atoms with E-state index in [4.69, 9.17) is 0 Å². The minimum atomic E-state index is -0.211. The van der Waals surface area contributed by atoms with Gasteiger partial charge in [-0.05, 0) is 28.8 Å². The molecule has 0 aromatic heterocycles. The second kappa shape index (κ2) is 5.26. The minimum absolute atomic E-state index is 0.211. The van der Waals surface area contributed by atoms with Crippen LogP contribution < -0.4 is 0 Å². The molecular weight excluding hydrogens is 211 g/mol. The van der Waals surface area contributed by atoms with Gasteiger partial charge in [0.15, 0.2) is 0 Å². The Hall–Kier alpha value is -2.15. The van der Waals surface area contributed by atoms with Crippen LogP contribution in [-0.2, 0) is 0 Å². The van der Waals surface area contributed by atoms with Gasteiger partial charge in [-0.1, -0.05) is 61.2 Å². The van der Waals surface area contributed by atoms with Crippen molar-refractivity contribution in [2.45, 2.75) is 0 Å². The Balaban J connectivity index is 2.14. The zero-order chi connectivity index (χ0) is 12.1. The molecule has 2 aromatic rings. The van der Waals surface area contributed by atoms with E-state index in [9.17, 15) is 4.39 Å². The van der Waals surface area contributed by atoms with Crippen molar-refractivity contribution in [1.82, 2.24) is 0 Å². The highest BCUT2D eigenvalue weighted by atomic mass is 19.1. The summed E-state index contributed by atoms with van der Waals surface area (Å²) in [7, 11) is 0. The van der Waals surface area contributed by atoms with E-state index in [1.807, 2.05) is 42.5 Å². The predicted molar refractivity (Wildman–Crippen MR) is 71.9 cm³/mol. The maximum absolute atomic E-state index is 12.7. The van der Waals surface area contributed by atoms with E-state index < -0.39 is 0 Å². The first-order valence-corrected chi connectivity index (χ1v) is 5.44. The first-order chi connectivity index (χ1) is 8.28. The van der Waals surface area contributed by atoms with Gasteiger partial charge in [0, 0.05) is 0 Å². The topological polar surface area (TPSA) is 0 Å². The van der Waals surface area contributed by atoms with Crippen molar-refractivity contribution >= 4 is 18.2 Å². The normalized spacial score (nSPS) is 10.6. The smallest absolute Gasteiger partial charge is 0.123 e. The summed E-state index contributed by atoms with van der Waals surface area (Å²) >= 11 is 0. The number of halogens is 1. The van der Waals surface area contributed by atoms with E-state index in [0.29, 0.717) is 0 Å². The van der Waals surface area contributed by atoms with Crippen molar-refractivity contribution in [2.24, 2.45) is 0 Å². The van der Waals surface area contributed by atoms with Crippen LogP contribution in [0.4, 0.5) is 4.39 Å². The lowest BCUT2D eigenvalue weighted by molar-refractivity contribution is 0.628. The highest BCUT2D eigenvalue weighted by Crippen LogP contribution is 2.10. The molecule has 0 nitrogen and oxygen atoms in total. The van der Waals surface area contributed by atoms with Crippen LogP contribution in [-0.4, -0.2) is 0 Å². The van der Waals surface area contributed by atoms with Gasteiger partial charge in [0.2, 0.25) is 0 Å². The van der Waals surface area contributed by atoms with E-state index in [0.717, 1.165) is 16.7 Å². The van der Waals surface area contributed by atoms with Crippen LogP contribution in [0.5, 0.6) is 0 Å². The second-order valence-electron chi connectivity index (χ2n) is 3.76. The van der Waals surface area contributed by atoms with Crippen molar-refractivity contribution in [3.05, 3.63) is 77.6 Å². The van der Waals surface area contributed by atoms with Crippen molar-refractivity contribution in [3.8, 4) is 0 Å². The summed E-state index contributed by atoms with van der Waals surface area (Å²) in [5.41, 5.74) is 3.20. The van der Waals surface area contributed by atoms with Crippen molar-refractivity contribution in [1.29, 1.82) is 0 Å². The van der Waals surface area contributed by atoms with Crippen LogP contribution in [0, 0.1) is 5.82 Å². The van der Waals surface area contributed by atoms with Crippen molar-refractivity contribution < 1.29 is 4.39 Å². The SMILES string of the molecule is C=Cc1ccc(/C=C/c2ccc(F)cc2)cc1. The third-order valence-electron chi connectivity index (χ3n) is 2.51. The molecule has 0 fully saturated rings. The van der Waals surface area contributed by atoms with Gasteiger partial charge in [0.05, 0.1) is 0 Å². The Bertz CT molecular complexity index is 518. The summed E-state index contributed by atoms with van der Waals surface area (Å²) in [6.45, 7) is 3.71. The number of benzene rings is 2. The summed E-state index contributed by atoms with van der Waals surface area (Å²) in [5, 5.41) is 0. The van der Waals surface area contributed by atoms with E-state index in [1.54, 1.807) is 12.1 Å². The lowest BCUT2D eigenvalue weighted by atomic mass is 10.1. The first-order valence-electron chi connectivity index (χ1n) is 5.44. The summed E-state index contributed by atoms with van der Waals surface area (Å²) < 4.78 is 12.7. The molecule has 0 spiro atoms. The molecule has 0 saturated carbocycles.